The van der Waals surface area contributed by atoms with Gasteiger partial charge in [0.1, 0.15) is 6.04 Å². The number of carboxylic acid groups (broad SMARTS) is 1. The molecule has 1 saturated carbocycles. The molecule has 2 atom stereocenters. The number of nitrogens with zero attached hydrogens (tertiary/aromatic N) is 1. The maximum atomic E-state index is 12.0. The molecule has 1 aliphatic carbocycles. The maximum absolute atomic E-state index is 12.0. The van der Waals surface area contributed by atoms with Gasteiger partial charge < -0.3 is 20.6 Å². The fraction of sp³-hybridized carbons (Fsp3) is 0.867. The molecule has 6 nitrogen and oxygen atoms in total. The molecule has 3 N–H and O–H groups in total. The monoisotopic (exact) mass is 299 g/mol. The predicted molar refractivity (Wildman–Crippen MR) is 82.3 cm³/mol. The first-order valence-electron chi connectivity index (χ1n) is 7.84. The van der Waals surface area contributed by atoms with Crippen LogP contribution in [0.1, 0.15) is 45.4 Å². The number of carboxylic acids is 1. The third-order valence-electron chi connectivity index (χ3n) is 4.06. The lowest BCUT2D eigenvalue weighted by Gasteiger charge is -2.28. The number of amides is 2. The molecule has 0 bridgehead atoms. The van der Waals surface area contributed by atoms with Crippen LogP contribution in [0, 0.1) is 5.92 Å². The van der Waals surface area contributed by atoms with Crippen molar-refractivity contribution in [2.45, 2.75) is 57.5 Å². The molecule has 2 amide bonds. The van der Waals surface area contributed by atoms with E-state index < -0.39 is 12.0 Å². The lowest BCUT2D eigenvalue weighted by atomic mass is 9.84. The number of rotatable bonds is 7. The molecule has 122 valence electrons. The van der Waals surface area contributed by atoms with Crippen molar-refractivity contribution in [1.29, 1.82) is 0 Å². The van der Waals surface area contributed by atoms with Gasteiger partial charge in [0.25, 0.3) is 0 Å². The highest BCUT2D eigenvalue weighted by Crippen LogP contribution is 2.26. The van der Waals surface area contributed by atoms with Crippen LogP contribution >= 0.6 is 0 Å². The summed E-state index contributed by atoms with van der Waals surface area (Å²) in [7, 11) is 3.96. The van der Waals surface area contributed by atoms with E-state index in [9.17, 15) is 14.7 Å². The molecule has 0 aromatic carbocycles. The minimum absolute atomic E-state index is 0.0215. The number of nitrogens with one attached hydrogen (secondary N) is 2. The first kappa shape index (κ1) is 17.8. The normalized spacial score (nSPS) is 19.0. The quantitative estimate of drug-likeness (QED) is 0.668. The molecule has 0 aromatic rings. The van der Waals surface area contributed by atoms with Crippen molar-refractivity contribution >= 4 is 12.0 Å². The first-order valence-corrected chi connectivity index (χ1v) is 7.84. The number of hydrogen-bond acceptors (Lipinski definition) is 3. The van der Waals surface area contributed by atoms with Crippen LogP contribution in [-0.4, -0.2) is 54.7 Å². The standard InChI is InChI=1S/C15H29N3O3/c1-11(9-10-18(2)3)16-15(21)17-13(14(19)20)12-7-5-4-6-8-12/h11-13H,4-10H2,1-3H3,(H,19,20)(H2,16,17,21). The van der Waals surface area contributed by atoms with Crippen molar-refractivity contribution in [1.82, 2.24) is 15.5 Å². The summed E-state index contributed by atoms with van der Waals surface area (Å²) in [6, 6.07) is -1.13. The molecule has 0 aromatic heterocycles. The van der Waals surface area contributed by atoms with Crippen LogP contribution in [0.5, 0.6) is 0 Å². The number of carbonyl (C=O) groups is 2. The second-order valence-corrected chi connectivity index (χ2v) is 6.32. The largest absolute Gasteiger partial charge is 0.480 e. The van der Waals surface area contributed by atoms with E-state index in [0.29, 0.717) is 0 Å². The first-order chi connectivity index (χ1) is 9.90. The molecular formula is C15H29N3O3. The molecule has 6 heteroatoms. The van der Waals surface area contributed by atoms with E-state index >= 15 is 0 Å². The van der Waals surface area contributed by atoms with Crippen LogP contribution in [0.2, 0.25) is 0 Å². The number of urea groups is 1. The Morgan fingerprint density at radius 2 is 1.81 bits per heavy atom. The molecule has 0 spiro atoms. The number of hydrogen-bond donors (Lipinski definition) is 3. The average Bonchev–Trinajstić information content (AvgIpc) is 2.43. The highest BCUT2D eigenvalue weighted by Gasteiger charge is 2.30. The van der Waals surface area contributed by atoms with Gasteiger partial charge in [-0.25, -0.2) is 9.59 Å². The summed E-state index contributed by atoms with van der Waals surface area (Å²) in [6.45, 7) is 2.81. The molecule has 0 heterocycles. The van der Waals surface area contributed by atoms with E-state index in [-0.39, 0.29) is 18.0 Å². The Morgan fingerprint density at radius 3 is 2.33 bits per heavy atom. The molecule has 0 radical (unpaired) electrons. The lowest BCUT2D eigenvalue weighted by Crippen LogP contribution is -2.52. The van der Waals surface area contributed by atoms with Crippen molar-refractivity contribution in [3.8, 4) is 0 Å². The van der Waals surface area contributed by atoms with Gasteiger partial charge in [0.05, 0.1) is 0 Å². The Hall–Kier alpha value is -1.30. The van der Waals surface area contributed by atoms with Crippen LogP contribution in [-0.2, 0) is 4.79 Å². The molecule has 1 aliphatic rings. The highest BCUT2D eigenvalue weighted by atomic mass is 16.4. The van der Waals surface area contributed by atoms with Crippen LogP contribution in [0.25, 0.3) is 0 Å². The van der Waals surface area contributed by atoms with Gasteiger partial charge in [0.15, 0.2) is 0 Å². The minimum atomic E-state index is -0.932. The Labute approximate surface area is 127 Å². The number of carbonyl (C=O) groups excluding carboxylic acids is 1. The van der Waals surface area contributed by atoms with Crippen LogP contribution in [0.4, 0.5) is 4.79 Å². The third kappa shape index (κ3) is 6.80. The molecule has 1 fully saturated rings. The van der Waals surface area contributed by atoms with Crippen molar-refractivity contribution in [3.05, 3.63) is 0 Å². The minimum Gasteiger partial charge on any atom is -0.480 e. The zero-order valence-corrected chi connectivity index (χ0v) is 13.4. The Morgan fingerprint density at radius 1 is 1.19 bits per heavy atom. The second-order valence-electron chi connectivity index (χ2n) is 6.32. The molecule has 1 rings (SSSR count). The van der Waals surface area contributed by atoms with E-state index in [1.807, 2.05) is 21.0 Å². The van der Waals surface area contributed by atoms with Crippen LogP contribution in [0.15, 0.2) is 0 Å². The molecular weight excluding hydrogens is 270 g/mol. The van der Waals surface area contributed by atoms with Gasteiger partial charge in [0, 0.05) is 6.04 Å². The van der Waals surface area contributed by atoms with E-state index in [0.717, 1.165) is 45.1 Å². The number of aliphatic carboxylic acids is 1. The fourth-order valence-corrected chi connectivity index (χ4v) is 2.78. The van der Waals surface area contributed by atoms with Crippen molar-refractivity contribution in [2.75, 3.05) is 20.6 Å². The van der Waals surface area contributed by atoms with Gasteiger partial charge in [-0.3, -0.25) is 0 Å². The van der Waals surface area contributed by atoms with Gasteiger partial charge >= 0.3 is 12.0 Å². The van der Waals surface area contributed by atoms with Crippen molar-refractivity contribution in [3.63, 3.8) is 0 Å². The van der Waals surface area contributed by atoms with Gasteiger partial charge in [-0.1, -0.05) is 19.3 Å². The topological polar surface area (TPSA) is 81.7 Å². The smallest absolute Gasteiger partial charge is 0.326 e. The van der Waals surface area contributed by atoms with Gasteiger partial charge in [-0.2, -0.15) is 0 Å². The zero-order valence-electron chi connectivity index (χ0n) is 13.4. The van der Waals surface area contributed by atoms with Crippen LogP contribution < -0.4 is 10.6 Å². The van der Waals surface area contributed by atoms with Gasteiger partial charge in [-0.05, 0) is 52.7 Å². The molecule has 2 unspecified atom stereocenters. The van der Waals surface area contributed by atoms with E-state index in [2.05, 4.69) is 15.5 Å². The zero-order chi connectivity index (χ0) is 15.8. The van der Waals surface area contributed by atoms with Gasteiger partial charge in [-0.15, -0.1) is 0 Å². The van der Waals surface area contributed by atoms with E-state index in [1.165, 1.54) is 0 Å². The Bertz CT molecular complexity index is 341. The average molecular weight is 299 g/mol. The molecule has 21 heavy (non-hydrogen) atoms. The summed E-state index contributed by atoms with van der Waals surface area (Å²) in [5, 5.41) is 14.8. The van der Waals surface area contributed by atoms with E-state index in [1.54, 1.807) is 0 Å². The molecule has 0 aliphatic heterocycles. The van der Waals surface area contributed by atoms with E-state index in [4.69, 9.17) is 0 Å². The Balaban J connectivity index is 2.43. The predicted octanol–water partition coefficient (Wildman–Crippen LogP) is 1.66. The maximum Gasteiger partial charge on any atom is 0.326 e. The summed E-state index contributed by atoms with van der Waals surface area (Å²) in [4.78, 5) is 25.4. The summed E-state index contributed by atoms with van der Waals surface area (Å²) >= 11 is 0. The Kier molecular flexibility index (Phi) is 7.50. The molecule has 0 saturated heterocycles. The SMILES string of the molecule is CC(CCN(C)C)NC(=O)NC(C(=O)O)C1CCCCC1. The lowest BCUT2D eigenvalue weighted by molar-refractivity contribution is -0.141. The fourth-order valence-electron chi connectivity index (χ4n) is 2.78. The van der Waals surface area contributed by atoms with Crippen molar-refractivity contribution in [2.24, 2.45) is 5.92 Å². The van der Waals surface area contributed by atoms with Crippen LogP contribution in [0.3, 0.4) is 0 Å². The summed E-state index contributed by atoms with van der Waals surface area (Å²) < 4.78 is 0. The summed E-state index contributed by atoms with van der Waals surface area (Å²) in [5.74, 6) is -0.878. The van der Waals surface area contributed by atoms with Gasteiger partial charge in [0.2, 0.25) is 0 Å². The summed E-state index contributed by atoms with van der Waals surface area (Å²) in [5.41, 5.74) is 0. The third-order valence-corrected chi connectivity index (χ3v) is 4.06. The summed E-state index contributed by atoms with van der Waals surface area (Å²) in [6.07, 6.45) is 5.87. The second kappa shape index (κ2) is 8.87. The highest BCUT2D eigenvalue weighted by molar-refractivity contribution is 5.82. The van der Waals surface area contributed by atoms with Crippen molar-refractivity contribution < 1.29 is 14.7 Å².